The molecule has 5 nitrogen and oxygen atoms in total. The highest BCUT2D eigenvalue weighted by Crippen LogP contribution is 2.22. The number of hydrogen-bond acceptors (Lipinski definition) is 4. The van der Waals surface area contributed by atoms with Crippen LogP contribution in [-0.2, 0) is 0 Å². The molecule has 0 saturated carbocycles. The van der Waals surface area contributed by atoms with E-state index in [9.17, 15) is 9.59 Å². The maximum atomic E-state index is 12.3. The van der Waals surface area contributed by atoms with Crippen LogP contribution in [0, 0.1) is 5.41 Å². The van der Waals surface area contributed by atoms with Gasteiger partial charge >= 0.3 is 0 Å². The highest BCUT2D eigenvalue weighted by atomic mass is 16.2. The second-order valence-electron chi connectivity index (χ2n) is 6.06. The molecule has 110 valence electrons. The topological polar surface area (TPSA) is 62.3 Å². The van der Waals surface area contributed by atoms with Crippen molar-refractivity contribution in [2.75, 3.05) is 27.2 Å². The van der Waals surface area contributed by atoms with Gasteiger partial charge in [0.05, 0.1) is 5.56 Å². The number of nitrogens with one attached hydrogen (secondary N) is 1. The fourth-order valence-electron chi connectivity index (χ4n) is 1.67. The average molecular weight is 277 g/mol. The third-order valence-corrected chi connectivity index (χ3v) is 2.84. The van der Waals surface area contributed by atoms with E-state index in [4.69, 9.17) is 0 Å². The molecule has 1 amide bonds. The lowest BCUT2D eigenvalue weighted by molar-refractivity contribution is 0.0846. The van der Waals surface area contributed by atoms with Gasteiger partial charge < -0.3 is 10.2 Å². The Bertz CT molecular complexity index is 490. The van der Waals surface area contributed by atoms with Crippen LogP contribution in [0.5, 0.6) is 0 Å². The molecule has 0 atom stereocenters. The predicted octanol–water partition coefficient (Wildman–Crippen LogP) is 1.60. The van der Waals surface area contributed by atoms with E-state index < -0.39 is 5.41 Å². The van der Waals surface area contributed by atoms with Crippen molar-refractivity contribution >= 4 is 11.7 Å². The molecule has 0 bridgehead atoms. The first kappa shape index (κ1) is 16.3. The van der Waals surface area contributed by atoms with Crippen LogP contribution in [0.25, 0.3) is 0 Å². The molecule has 1 rings (SSSR count). The summed E-state index contributed by atoms with van der Waals surface area (Å²) in [6.45, 7) is 6.78. The molecule has 1 aromatic rings. The van der Waals surface area contributed by atoms with Crippen LogP contribution in [0.2, 0.25) is 0 Å². The number of rotatable bonds is 5. The van der Waals surface area contributed by atoms with Crippen molar-refractivity contribution in [1.82, 2.24) is 15.2 Å². The molecule has 0 aliphatic carbocycles. The van der Waals surface area contributed by atoms with Crippen LogP contribution >= 0.6 is 0 Å². The second-order valence-corrected chi connectivity index (χ2v) is 6.06. The van der Waals surface area contributed by atoms with Gasteiger partial charge in [0.2, 0.25) is 0 Å². The molecule has 0 aromatic carbocycles. The summed E-state index contributed by atoms with van der Waals surface area (Å²) in [5.74, 6) is -0.315. The molecule has 20 heavy (non-hydrogen) atoms. The number of pyridine rings is 1. The Morgan fingerprint density at radius 1 is 1.25 bits per heavy atom. The number of carbonyl (C=O) groups excluding carboxylic acids is 2. The van der Waals surface area contributed by atoms with E-state index in [-0.39, 0.29) is 11.7 Å². The van der Waals surface area contributed by atoms with E-state index >= 15 is 0 Å². The second kappa shape index (κ2) is 6.61. The van der Waals surface area contributed by atoms with E-state index in [1.165, 1.54) is 12.4 Å². The molecule has 5 heteroatoms. The summed E-state index contributed by atoms with van der Waals surface area (Å²) in [6, 6.07) is 1.59. The van der Waals surface area contributed by atoms with Crippen LogP contribution < -0.4 is 5.32 Å². The lowest BCUT2D eigenvalue weighted by atomic mass is 9.85. The summed E-state index contributed by atoms with van der Waals surface area (Å²) in [6.07, 6.45) is 2.99. The minimum Gasteiger partial charge on any atom is -0.351 e. The largest absolute Gasteiger partial charge is 0.351 e. The van der Waals surface area contributed by atoms with Crippen molar-refractivity contribution in [3.8, 4) is 0 Å². The summed E-state index contributed by atoms with van der Waals surface area (Å²) in [5, 5.41) is 2.82. The number of hydrogen-bond donors (Lipinski definition) is 1. The molecule has 1 N–H and O–H groups in total. The van der Waals surface area contributed by atoms with Crippen LogP contribution in [0.4, 0.5) is 0 Å². The molecule has 0 fully saturated rings. The minimum atomic E-state index is -0.540. The first-order valence-electron chi connectivity index (χ1n) is 6.65. The molecule has 1 heterocycles. The number of nitrogens with zero attached hydrogens (tertiary/aromatic N) is 2. The number of aromatic nitrogens is 1. The number of likely N-dealkylation sites (N-methyl/N-ethyl adjacent to an activating group) is 1. The van der Waals surface area contributed by atoms with Crippen LogP contribution in [0.3, 0.4) is 0 Å². The van der Waals surface area contributed by atoms with Crippen molar-refractivity contribution in [3.63, 3.8) is 0 Å². The zero-order valence-corrected chi connectivity index (χ0v) is 12.9. The normalized spacial score (nSPS) is 11.5. The van der Waals surface area contributed by atoms with Gasteiger partial charge in [-0.15, -0.1) is 0 Å². The Morgan fingerprint density at radius 2 is 1.90 bits per heavy atom. The van der Waals surface area contributed by atoms with Gasteiger partial charge in [0.15, 0.2) is 5.78 Å². The highest BCUT2D eigenvalue weighted by Gasteiger charge is 2.27. The molecule has 0 spiro atoms. The molecule has 0 radical (unpaired) electrons. The Balaban J connectivity index is 2.90. The first-order valence-corrected chi connectivity index (χ1v) is 6.65. The third kappa shape index (κ3) is 4.42. The molecule has 0 unspecified atom stereocenters. The fourth-order valence-corrected chi connectivity index (χ4v) is 1.67. The summed E-state index contributed by atoms with van der Waals surface area (Å²) < 4.78 is 0. The van der Waals surface area contributed by atoms with Gasteiger partial charge in [0.1, 0.15) is 0 Å². The van der Waals surface area contributed by atoms with Crippen molar-refractivity contribution in [1.29, 1.82) is 0 Å². The Hall–Kier alpha value is -1.75. The lowest BCUT2D eigenvalue weighted by Crippen LogP contribution is -2.33. The Morgan fingerprint density at radius 3 is 2.45 bits per heavy atom. The molecule has 0 aliphatic rings. The highest BCUT2D eigenvalue weighted by molar-refractivity contribution is 6.09. The summed E-state index contributed by atoms with van der Waals surface area (Å²) >= 11 is 0. The quantitative estimate of drug-likeness (QED) is 0.830. The van der Waals surface area contributed by atoms with Crippen LogP contribution in [0.1, 0.15) is 41.5 Å². The lowest BCUT2D eigenvalue weighted by Gasteiger charge is -2.18. The van der Waals surface area contributed by atoms with Crippen LogP contribution in [0.15, 0.2) is 18.5 Å². The Labute approximate surface area is 120 Å². The minimum absolute atomic E-state index is 0.0802. The van der Waals surface area contributed by atoms with Gasteiger partial charge in [-0.3, -0.25) is 14.6 Å². The standard InChI is InChI=1S/C15H23N3O2/c1-15(2,3)13(19)12-10-16-7-6-11(12)14(20)17-8-9-18(4)5/h6-7,10H,8-9H2,1-5H3,(H,17,20). The monoisotopic (exact) mass is 277 g/mol. The molecule has 1 aromatic heterocycles. The smallest absolute Gasteiger partial charge is 0.252 e. The number of Topliss-reactive ketones (excluding diaryl/α,β-unsaturated/α-hetero) is 1. The van der Waals surface area contributed by atoms with Gasteiger partial charge in [0.25, 0.3) is 5.91 Å². The maximum Gasteiger partial charge on any atom is 0.252 e. The van der Waals surface area contributed by atoms with Crippen LogP contribution in [-0.4, -0.2) is 48.8 Å². The first-order chi connectivity index (χ1) is 9.23. The maximum absolute atomic E-state index is 12.3. The summed E-state index contributed by atoms with van der Waals surface area (Å²) in [4.78, 5) is 30.5. The van der Waals surface area contributed by atoms with Crippen molar-refractivity contribution in [3.05, 3.63) is 29.6 Å². The summed E-state index contributed by atoms with van der Waals surface area (Å²) in [7, 11) is 3.88. The SMILES string of the molecule is CN(C)CCNC(=O)c1ccncc1C(=O)C(C)(C)C. The fraction of sp³-hybridized carbons (Fsp3) is 0.533. The summed E-state index contributed by atoms with van der Waals surface area (Å²) in [5.41, 5.74) is 0.225. The van der Waals surface area contributed by atoms with E-state index in [1.54, 1.807) is 6.07 Å². The number of amides is 1. The van der Waals surface area contributed by atoms with Gasteiger partial charge in [-0.1, -0.05) is 20.8 Å². The third-order valence-electron chi connectivity index (χ3n) is 2.84. The van der Waals surface area contributed by atoms with Gasteiger partial charge in [0, 0.05) is 36.5 Å². The predicted molar refractivity (Wildman–Crippen MR) is 78.9 cm³/mol. The average Bonchev–Trinajstić information content (AvgIpc) is 2.36. The van der Waals surface area contributed by atoms with Gasteiger partial charge in [-0.2, -0.15) is 0 Å². The zero-order chi connectivity index (χ0) is 15.3. The van der Waals surface area contributed by atoms with E-state index in [2.05, 4.69) is 10.3 Å². The number of carbonyl (C=O) groups is 2. The van der Waals surface area contributed by atoms with E-state index in [0.29, 0.717) is 17.7 Å². The number of ketones is 1. The van der Waals surface area contributed by atoms with Crippen molar-refractivity contribution in [2.24, 2.45) is 5.41 Å². The van der Waals surface area contributed by atoms with Crippen molar-refractivity contribution in [2.45, 2.75) is 20.8 Å². The molecular weight excluding hydrogens is 254 g/mol. The Kier molecular flexibility index (Phi) is 5.39. The van der Waals surface area contributed by atoms with Crippen molar-refractivity contribution < 1.29 is 9.59 Å². The van der Waals surface area contributed by atoms with Gasteiger partial charge in [-0.05, 0) is 20.2 Å². The van der Waals surface area contributed by atoms with Gasteiger partial charge in [-0.25, -0.2) is 0 Å². The molecular formula is C15H23N3O2. The molecule has 0 saturated heterocycles. The molecule has 0 aliphatic heterocycles. The zero-order valence-electron chi connectivity index (χ0n) is 12.9. The van der Waals surface area contributed by atoms with E-state index in [0.717, 1.165) is 6.54 Å². The van der Waals surface area contributed by atoms with E-state index in [1.807, 2.05) is 39.8 Å².